The second-order valence-electron chi connectivity index (χ2n) is 10.1. The van der Waals surface area contributed by atoms with Crippen LogP contribution in [0.15, 0.2) is 155 Å². The number of hydrogen-bond donors (Lipinski definition) is 1. The molecule has 0 aliphatic carbocycles. The second kappa shape index (κ2) is 11.8. The molecule has 0 spiro atoms. The third kappa shape index (κ3) is 5.59. The van der Waals surface area contributed by atoms with Crippen molar-refractivity contribution >= 4 is 35.3 Å². The molecule has 1 heterocycles. The van der Waals surface area contributed by atoms with E-state index in [4.69, 9.17) is 32.6 Å². The number of rotatable bonds is 6. The van der Waals surface area contributed by atoms with E-state index in [1.165, 1.54) is 0 Å². The van der Waals surface area contributed by atoms with E-state index in [2.05, 4.69) is 36.4 Å². The fourth-order valence-electron chi connectivity index (χ4n) is 5.13. The highest BCUT2D eigenvalue weighted by molar-refractivity contribution is 7.80. The zero-order chi connectivity index (χ0) is 29.0. The number of benzene rings is 6. The molecule has 43 heavy (non-hydrogen) atoms. The van der Waals surface area contributed by atoms with Crippen molar-refractivity contribution in [1.82, 2.24) is 15.0 Å². The predicted octanol–water partition coefficient (Wildman–Crippen LogP) is 9.73. The Kier molecular flexibility index (Phi) is 7.30. The van der Waals surface area contributed by atoms with Crippen LogP contribution in [-0.2, 0) is 0 Å². The largest absolute Gasteiger partial charge is 0.254 e. The average molecular weight is 571 g/mol. The first-order valence-corrected chi connectivity index (χ1v) is 14.5. The summed E-state index contributed by atoms with van der Waals surface area (Å²) in [5.74, 6) is 1.89. The first-order chi connectivity index (χ1) is 21.2. The highest BCUT2D eigenvalue weighted by Gasteiger charge is 2.16. The summed E-state index contributed by atoms with van der Waals surface area (Å²) < 4.78 is 0. The average Bonchev–Trinajstić information content (AvgIpc) is 3.08. The summed E-state index contributed by atoms with van der Waals surface area (Å²) in [4.78, 5) is 20.5. The van der Waals surface area contributed by atoms with E-state index in [9.17, 15) is 0 Å². The molecule has 0 fully saturated rings. The zero-order valence-corrected chi connectivity index (χ0v) is 24.1. The predicted molar refractivity (Wildman–Crippen MR) is 180 cm³/mol. The molecule has 0 bridgehead atoms. The van der Waals surface area contributed by atoms with Crippen molar-refractivity contribution in [3.8, 4) is 45.3 Å². The number of thiol groups is 1. The van der Waals surface area contributed by atoms with Gasteiger partial charge in [-0.25, -0.2) is 15.0 Å². The summed E-state index contributed by atoms with van der Waals surface area (Å²) in [7, 11) is 0. The molecular formula is C38H26N4S. The zero-order valence-electron chi connectivity index (χ0n) is 23.2. The molecule has 0 amide bonds. The summed E-state index contributed by atoms with van der Waals surface area (Å²) in [6, 6.07) is 49.0. The molecule has 0 atom stereocenters. The van der Waals surface area contributed by atoms with Crippen LogP contribution in [0, 0.1) is 0 Å². The Hall–Kier alpha value is -5.39. The number of aliphatic imine (C=N–C) groups is 1. The number of aromatic nitrogens is 3. The van der Waals surface area contributed by atoms with Gasteiger partial charge in [0, 0.05) is 33.2 Å². The third-order valence-electron chi connectivity index (χ3n) is 7.29. The van der Waals surface area contributed by atoms with Gasteiger partial charge >= 0.3 is 0 Å². The van der Waals surface area contributed by atoms with Crippen LogP contribution in [0.4, 0.5) is 5.69 Å². The normalized spacial score (nSPS) is 11.3. The summed E-state index contributed by atoms with van der Waals surface area (Å²) in [6.45, 7) is 0. The summed E-state index contributed by atoms with van der Waals surface area (Å²) in [6.07, 6.45) is 1.89. The van der Waals surface area contributed by atoms with E-state index < -0.39 is 0 Å². The molecule has 7 rings (SSSR count). The van der Waals surface area contributed by atoms with Crippen LogP contribution >= 0.6 is 12.6 Å². The summed E-state index contributed by atoms with van der Waals surface area (Å²) in [5, 5.41) is 2.12. The van der Waals surface area contributed by atoms with Crippen LogP contribution in [0.5, 0.6) is 0 Å². The maximum absolute atomic E-state index is 4.98. The van der Waals surface area contributed by atoms with Crippen molar-refractivity contribution in [2.75, 3.05) is 0 Å². The molecule has 0 N–H and O–H groups in total. The minimum atomic E-state index is 0.619. The number of fused-ring (bicyclic) bond motifs is 1. The first-order valence-electron chi connectivity index (χ1n) is 14.0. The van der Waals surface area contributed by atoms with Gasteiger partial charge < -0.3 is 0 Å². The maximum Gasteiger partial charge on any atom is 0.164 e. The highest BCUT2D eigenvalue weighted by Crippen LogP contribution is 2.38. The number of nitrogens with zero attached hydrogens (tertiary/aromatic N) is 4. The molecule has 7 aromatic rings. The Morgan fingerprint density at radius 2 is 1.02 bits per heavy atom. The molecule has 6 aromatic carbocycles. The third-order valence-corrected chi connectivity index (χ3v) is 7.65. The molecule has 5 heteroatoms. The molecular weight excluding hydrogens is 545 g/mol. The van der Waals surface area contributed by atoms with Gasteiger partial charge in [-0.3, -0.25) is 4.99 Å². The maximum atomic E-state index is 4.98. The summed E-state index contributed by atoms with van der Waals surface area (Å²) in [5.41, 5.74) is 6.74. The minimum Gasteiger partial charge on any atom is -0.254 e. The monoisotopic (exact) mass is 570 g/mol. The lowest BCUT2D eigenvalue weighted by Crippen LogP contribution is -2.01. The lowest BCUT2D eigenvalue weighted by Gasteiger charge is -2.13. The molecule has 4 nitrogen and oxygen atoms in total. The van der Waals surface area contributed by atoms with Crippen molar-refractivity contribution in [3.63, 3.8) is 0 Å². The van der Waals surface area contributed by atoms with Gasteiger partial charge in [0.2, 0.25) is 0 Å². The lowest BCUT2D eigenvalue weighted by atomic mass is 9.96. The minimum absolute atomic E-state index is 0.619. The van der Waals surface area contributed by atoms with E-state index in [0.29, 0.717) is 17.5 Å². The van der Waals surface area contributed by atoms with Gasteiger partial charge in [0.15, 0.2) is 17.5 Å². The summed E-state index contributed by atoms with van der Waals surface area (Å²) >= 11 is 4.77. The highest BCUT2D eigenvalue weighted by atomic mass is 32.1. The van der Waals surface area contributed by atoms with Crippen LogP contribution < -0.4 is 0 Å². The second-order valence-corrected chi connectivity index (χ2v) is 10.6. The molecule has 0 radical (unpaired) electrons. The fourth-order valence-corrected chi connectivity index (χ4v) is 5.39. The van der Waals surface area contributed by atoms with E-state index in [0.717, 1.165) is 54.7 Å². The van der Waals surface area contributed by atoms with Crippen molar-refractivity contribution in [2.45, 2.75) is 4.90 Å². The van der Waals surface area contributed by atoms with Gasteiger partial charge in [-0.1, -0.05) is 133 Å². The molecule has 0 aliphatic rings. The van der Waals surface area contributed by atoms with E-state index in [1.54, 1.807) is 0 Å². The van der Waals surface area contributed by atoms with Crippen molar-refractivity contribution in [3.05, 3.63) is 151 Å². The molecule has 1 aromatic heterocycles. The lowest BCUT2D eigenvalue weighted by molar-refractivity contribution is 1.07. The standard InChI is InChI=1S/C38H26N4S/c43-34-23-22-27-20-21-30(24-33(27)35(34)39-25-26-12-4-1-5-13-26)31-18-10-11-19-32(31)38-41-36(28-14-6-2-7-15-28)40-37(42-38)29-16-8-3-9-17-29/h1-25,43H. The van der Waals surface area contributed by atoms with E-state index >= 15 is 0 Å². The van der Waals surface area contributed by atoms with Gasteiger partial charge in [-0.2, -0.15) is 0 Å². The molecule has 0 unspecified atom stereocenters. The SMILES string of the molecule is Sc1ccc2ccc(-c3ccccc3-c3nc(-c4ccccc4)nc(-c4ccccc4)n3)cc2c1N=Cc1ccccc1. The van der Waals surface area contributed by atoms with Crippen molar-refractivity contribution in [1.29, 1.82) is 0 Å². The van der Waals surface area contributed by atoms with Gasteiger partial charge in [0.1, 0.15) is 0 Å². The van der Waals surface area contributed by atoms with Crippen LogP contribution in [0.1, 0.15) is 5.56 Å². The van der Waals surface area contributed by atoms with E-state index in [-0.39, 0.29) is 0 Å². The van der Waals surface area contributed by atoms with Gasteiger partial charge in [0.25, 0.3) is 0 Å². The molecule has 204 valence electrons. The first kappa shape index (κ1) is 26.5. The topological polar surface area (TPSA) is 51.0 Å². The molecule has 0 aliphatic heterocycles. The fraction of sp³-hybridized carbons (Fsp3) is 0. The van der Waals surface area contributed by atoms with Crippen LogP contribution in [0.2, 0.25) is 0 Å². The Labute approximate surface area is 255 Å². The Morgan fingerprint density at radius 3 is 1.67 bits per heavy atom. The van der Waals surface area contributed by atoms with Crippen LogP contribution in [-0.4, -0.2) is 21.2 Å². The van der Waals surface area contributed by atoms with E-state index in [1.807, 2.05) is 115 Å². The molecule has 0 saturated carbocycles. The molecule has 0 saturated heterocycles. The van der Waals surface area contributed by atoms with Crippen LogP contribution in [0.25, 0.3) is 56.1 Å². The van der Waals surface area contributed by atoms with Gasteiger partial charge in [-0.15, -0.1) is 12.6 Å². The van der Waals surface area contributed by atoms with Gasteiger partial charge in [-0.05, 0) is 34.2 Å². The Bertz CT molecular complexity index is 2020. The quantitative estimate of drug-likeness (QED) is 0.160. The Morgan fingerprint density at radius 1 is 0.488 bits per heavy atom. The van der Waals surface area contributed by atoms with Gasteiger partial charge in [0.05, 0.1) is 5.69 Å². The van der Waals surface area contributed by atoms with Crippen molar-refractivity contribution in [2.24, 2.45) is 4.99 Å². The van der Waals surface area contributed by atoms with Crippen LogP contribution in [0.3, 0.4) is 0 Å². The number of hydrogen-bond acceptors (Lipinski definition) is 5. The van der Waals surface area contributed by atoms with Crippen molar-refractivity contribution < 1.29 is 0 Å². The smallest absolute Gasteiger partial charge is 0.164 e. The Balaban J connectivity index is 1.38.